The van der Waals surface area contributed by atoms with Crippen molar-refractivity contribution in [2.24, 2.45) is 0 Å². The van der Waals surface area contributed by atoms with E-state index >= 15 is 0 Å². The molecular weight excluding hydrogens is 945 g/mol. The minimum absolute atomic E-state index is 0.0526. The molecule has 6 aromatic rings. The van der Waals surface area contributed by atoms with E-state index in [2.05, 4.69) is 0 Å². The van der Waals surface area contributed by atoms with Crippen molar-refractivity contribution in [2.75, 3.05) is 0 Å². The van der Waals surface area contributed by atoms with Gasteiger partial charge in [-0.05, 0) is 83.9 Å². The Morgan fingerprint density at radius 1 is 0.306 bits per heavy atom. The van der Waals surface area contributed by atoms with Crippen molar-refractivity contribution in [1.82, 2.24) is 0 Å². The van der Waals surface area contributed by atoms with Gasteiger partial charge in [0, 0.05) is 24.3 Å². The Morgan fingerprint density at radius 3 is 0.871 bits per heavy atom. The highest BCUT2D eigenvalue weighted by Crippen LogP contribution is 2.39. The first kappa shape index (κ1) is 45.6. The molecule has 0 aliphatic carbocycles. The standard InChI is InChI=1S/C36H26O20S6/c37-23-3-1-5-25(17-23)55-27-9-13-31(35(19-27)61(49,50)51)57(39,40)29-11-7-21(15-33(29)59(43,44)45)22-8-12-30(34(16-22)60(46,47)48)58(41,42)32-14-10-28(20-36(32)62(52,53)54)56-26-6-2-4-24(38)18-26/h1-20,37-38H,(H,43,44,45)(H,46,47,48)(H,49,50,51)(H,52,53,54). The second kappa shape index (κ2) is 16.1. The van der Waals surface area contributed by atoms with Crippen molar-refractivity contribution in [3.8, 4) is 45.6 Å². The van der Waals surface area contributed by atoms with Gasteiger partial charge in [-0.2, -0.15) is 33.7 Å². The lowest BCUT2D eigenvalue weighted by molar-refractivity contribution is 0.451. The van der Waals surface area contributed by atoms with Gasteiger partial charge in [0.15, 0.2) is 0 Å². The lowest BCUT2D eigenvalue weighted by Crippen LogP contribution is -2.14. The predicted octanol–water partition coefficient (Wildman–Crippen LogP) is 5.00. The molecule has 0 fully saturated rings. The lowest BCUT2D eigenvalue weighted by atomic mass is 10.1. The molecule has 0 atom stereocenters. The third-order valence-corrected chi connectivity index (χ3v) is 16.3. The van der Waals surface area contributed by atoms with Crippen molar-refractivity contribution in [2.45, 2.75) is 39.2 Å². The molecule has 0 aliphatic rings. The molecule has 0 bridgehead atoms. The first-order chi connectivity index (χ1) is 28.6. The van der Waals surface area contributed by atoms with Crippen LogP contribution in [-0.2, 0) is 60.1 Å². The van der Waals surface area contributed by atoms with Crippen LogP contribution in [0.5, 0.6) is 34.5 Å². The maximum Gasteiger partial charge on any atom is 0.295 e. The van der Waals surface area contributed by atoms with Crippen LogP contribution in [0.3, 0.4) is 0 Å². The van der Waals surface area contributed by atoms with E-state index in [4.69, 9.17) is 9.47 Å². The summed E-state index contributed by atoms with van der Waals surface area (Å²) in [7, 11) is -32.8. The smallest absolute Gasteiger partial charge is 0.295 e. The van der Waals surface area contributed by atoms with Gasteiger partial charge in [-0.3, -0.25) is 18.2 Å². The normalized spacial score (nSPS) is 12.8. The molecular formula is C36H26O20S6. The van der Waals surface area contributed by atoms with Crippen LogP contribution in [0, 0.1) is 0 Å². The fourth-order valence-corrected chi connectivity index (χ4v) is 13.5. The first-order valence-electron chi connectivity index (χ1n) is 16.5. The summed E-state index contributed by atoms with van der Waals surface area (Å²) in [5.41, 5.74) is -0.940. The van der Waals surface area contributed by atoms with E-state index < -0.39 is 110 Å². The number of phenolic OH excluding ortho intramolecular Hbond substituents is 2. The molecule has 0 aliphatic heterocycles. The fourth-order valence-electron chi connectivity index (χ4n) is 5.78. The van der Waals surface area contributed by atoms with Gasteiger partial charge in [0.05, 0.1) is 19.6 Å². The lowest BCUT2D eigenvalue weighted by Gasteiger charge is -2.16. The van der Waals surface area contributed by atoms with Crippen molar-refractivity contribution >= 4 is 60.1 Å². The van der Waals surface area contributed by atoms with Crippen LogP contribution in [0.1, 0.15) is 0 Å². The predicted molar refractivity (Wildman–Crippen MR) is 211 cm³/mol. The number of ether oxygens (including phenoxy) is 2. The minimum Gasteiger partial charge on any atom is -0.508 e. The molecule has 26 heteroatoms. The molecule has 0 saturated carbocycles. The number of rotatable bonds is 13. The summed E-state index contributed by atoms with van der Waals surface area (Å²) in [5, 5.41) is 19.4. The van der Waals surface area contributed by atoms with Crippen molar-refractivity contribution < 1.29 is 88.4 Å². The fraction of sp³-hybridized carbons (Fsp3) is 0. The van der Waals surface area contributed by atoms with E-state index in [1.165, 1.54) is 36.4 Å². The zero-order valence-corrected chi connectivity index (χ0v) is 35.3. The Morgan fingerprint density at radius 2 is 0.581 bits per heavy atom. The van der Waals surface area contributed by atoms with E-state index in [1.54, 1.807) is 0 Å². The van der Waals surface area contributed by atoms with Crippen molar-refractivity contribution in [1.29, 1.82) is 0 Å². The van der Waals surface area contributed by atoms with Crippen molar-refractivity contribution in [3.05, 3.63) is 121 Å². The topological polar surface area (TPSA) is 345 Å². The maximum atomic E-state index is 13.9. The molecule has 0 saturated heterocycles. The van der Waals surface area contributed by atoms with Gasteiger partial charge in [0.1, 0.15) is 54.1 Å². The second-order valence-corrected chi connectivity index (χ2v) is 22.0. The van der Waals surface area contributed by atoms with Gasteiger partial charge in [-0.1, -0.05) is 24.3 Å². The number of benzene rings is 6. The summed E-state index contributed by atoms with van der Waals surface area (Å²) in [6.07, 6.45) is 0. The van der Waals surface area contributed by atoms with Crippen LogP contribution in [0.4, 0.5) is 0 Å². The highest BCUT2D eigenvalue weighted by atomic mass is 32.2. The van der Waals surface area contributed by atoms with Gasteiger partial charge in [0.25, 0.3) is 40.5 Å². The second-order valence-electron chi connectivity index (χ2n) is 12.6. The molecule has 0 heterocycles. The molecule has 6 N–H and O–H groups in total. The van der Waals surface area contributed by atoms with Crippen LogP contribution < -0.4 is 9.47 Å². The van der Waals surface area contributed by atoms with Crippen LogP contribution in [0.2, 0.25) is 0 Å². The van der Waals surface area contributed by atoms with E-state index in [-0.39, 0.29) is 34.5 Å². The quantitative estimate of drug-likeness (QED) is 0.0829. The number of sulfone groups is 2. The third kappa shape index (κ3) is 9.58. The van der Waals surface area contributed by atoms with Crippen LogP contribution in [0.25, 0.3) is 11.1 Å². The molecule has 6 rings (SSSR count). The molecule has 326 valence electrons. The third-order valence-electron chi connectivity index (χ3n) is 8.43. The largest absolute Gasteiger partial charge is 0.508 e. The Bertz CT molecular complexity index is 3280. The van der Waals surface area contributed by atoms with Crippen molar-refractivity contribution in [3.63, 3.8) is 0 Å². The van der Waals surface area contributed by atoms with Gasteiger partial charge in [-0.25, -0.2) is 16.8 Å². The summed E-state index contributed by atoms with van der Waals surface area (Å²) in [6.45, 7) is 0. The summed E-state index contributed by atoms with van der Waals surface area (Å²) in [6, 6.07) is 18.0. The average Bonchev–Trinajstić information content (AvgIpc) is 3.16. The van der Waals surface area contributed by atoms with Gasteiger partial charge in [-0.15, -0.1) is 0 Å². The Balaban J connectivity index is 1.46. The molecule has 0 aromatic heterocycles. The van der Waals surface area contributed by atoms with Crippen LogP contribution in [0.15, 0.2) is 160 Å². The maximum absolute atomic E-state index is 13.9. The zero-order valence-electron chi connectivity index (χ0n) is 30.4. The molecule has 20 nitrogen and oxygen atoms in total. The Hall–Kier alpha value is -5.94. The molecule has 0 radical (unpaired) electrons. The average molecular weight is 971 g/mol. The van der Waals surface area contributed by atoms with Gasteiger partial charge < -0.3 is 19.7 Å². The van der Waals surface area contributed by atoms with Crippen LogP contribution in [-0.4, -0.2) is 78.9 Å². The number of hydrogen-bond donors (Lipinski definition) is 6. The first-order valence-corrected chi connectivity index (χ1v) is 25.2. The Labute approximate surface area is 352 Å². The summed E-state index contributed by atoms with van der Waals surface area (Å²) < 4.78 is 207. The zero-order chi connectivity index (χ0) is 45.8. The summed E-state index contributed by atoms with van der Waals surface area (Å²) >= 11 is 0. The monoisotopic (exact) mass is 970 g/mol. The highest BCUT2D eigenvalue weighted by molar-refractivity contribution is 7.94. The minimum atomic E-state index is -5.61. The SMILES string of the molecule is O=S(=O)(O)c1cc(Oc2cccc(O)c2)ccc1S(=O)(=O)c1ccc(-c2ccc(S(=O)(=O)c3ccc(Oc4cccc(O)c4)cc3S(=O)(=O)O)c(S(=O)(=O)O)c2)cc1S(=O)(=O)O. The molecule has 0 spiro atoms. The van der Waals surface area contributed by atoms with Gasteiger partial charge >= 0.3 is 0 Å². The molecule has 0 unspecified atom stereocenters. The number of hydrogen-bond acceptors (Lipinski definition) is 16. The van der Waals surface area contributed by atoms with E-state index in [0.717, 1.165) is 36.4 Å². The van der Waals surface area contributed by atoms with E-state index in [1.807, 2.05) is 0 Å². The van der Waals surface area contributed by atoms with Crippen LogP contribution >= 0.6 is 0 Å². The summed E-state index contributed by atoms with van der Waals surface area (Å²) in [5.74, 6) is -1.38. The van der Waals surface area contributed by atoms with E-state index in [9.17, 15) is 78.9 Å². The molecule has 62 heavy (non-hydrogen) atoms. The van der Waals surface area contributed by atoms with Gasteiger partial charge in [0.2, 0.25) is 19.7 Å². The Kier molecular flexibility index (Phi) is 11.8. The summed E-state index contributed by atoms with van der Waals surface area (Å²) in [4.78, 5) is -10.5. The van der Waals surface area contributed by atoms with E-state index in [0.29, 0.717) is 48.5 Å². The number of phenols is 2. The molecule has 6 aromatic carbocycles. The number of aromatic hydroxyl groups is 2. The highest BCUT2D eigenvalue weighted by Gasteiger charge is 2.35. The molecule has 0 amide bonds.